The minimum absolute atomic E-state index is 0.182. The Morgan fingerprint density at radius 2 is 1.92 bits per heavy atom. The molecule has 0 saturated carbocycles. The van der Waals surface area contributed by atoms with E-state index in [0.29, 0.717) is 35.3 Å². The molecule has 140 valence electrons. The molecule has 1 aliphatic heterocycles. The number of nitrogens with zero attached hydrogens (tertiary/aromatic N) is 1. The van der Waals surface area contributed by atoms with Gasteiger partial charge in [-0.2, -0.15) is 0 Å². The molecule has 9 heteroatoms. The second-order valence-corrected chi connectivity index (χ2v) is 6.44. The molecule has 0 atom stereocenters. The summed E-state index contributed by atoms with van der Waals surface area (Å²) >= 11 is 7.00. The Bertz CT molecular complexity index is 764. The van der Waals surface area contributed by atoms with Crippen LogP contribution in [0.1, 0.15) is 19.4 Å². The van der Waals surface area contributed by atoms with Gasteiger partial charge in [0, 0.05) is 0 Å². The number of methoxy groups -OCH3 is 1. The molecule has 26 heavy (non-hydrogen) atoms. The van der Waals surface area contributed by atoms with Gasteiger partial charge in [-0.05, 0) is 49.4 Å². The first kappa shape index (κ1) is 20.1. The lowest BCUT2D eigenvalue weighted by Gasteiger charge is -2.13. The number of thioether (sulfide) groups is 1. The monoisotopic (exact) mass is 399 g/mol. The van der Waals surface area contributed by atoms with Gasteiger partial charge in [0.1, 0.15) is 6.54 Å². The zero-order valence-electron chi connectivity index (χ0n) is 14.5. The summed E-state index contributed by atoms with van der Waals surface area (Å²) in [6, 6.07) is 3.29. The van der Waals surface area contributed by atoms with Crippen LogP contribution in [0.5, 0.6) is 11.5 Å². The highest BCUT2D eigenvalue weighted by molar-refractivity contribution is 8.18. The van der Waals surface area contributed by atoms with Gasteiger partial charge >= 0.3 is 5.97 Å². The second kappa shape index (κ2) is 8.95. The van der Waals surface area contributed by atoms with Gasteiger partial charge in [0.2, 0.25) is 0 Å². The molecule has 0 N–H and O–H groups in total. The molecule has 1 heterocycles. The van der Waals surface area contributed by atoms with Crippen LogP contribution in [0.4, 0.5) is 4.79 Å². The molecule has 1 aromatic rings. The van der Waals surface area contributed by atoms with E-state index >= 15 is 0 Å². The molecule has 2 amide bonds. The van der Waals surface area contributed by atoms with E-state index in [0.717, 1.165) is 16.7 Å². The van der Waals surface area contributed by atoms with Gasteiger partial charge in [-0.25, -0.2) is 0 Å². The minimum Gasteiger partial charge on any atom is -0.490 e. The highest BCUT2D eigenvalue weighted by Crippen LogP contribution is 2.39. The van der Waals surface area contributed by atoms with Crippen LogP contribution < -0.4 is 9.47 Å². The summed E-state index contributed by atoms with van der Waals surface area (Å²) in [5, 5.41) is -0.202. The zero-order chi connectivity index (χ0) is 19.3. The smallest absolute Gasteiger partial charge is 0.325 e. The van der Waals surface area contributed by atoms with Crippen LogP contribution in [0, 0.1) is 0 Å². The average molecular weight is 400 g/mol. The standard InChI is InChI=1S/C17H18ClNO6S/c1-4-24-12-7-10(6-11(18)15(12)25-5-2)8-13-16(21)19(17(22)26-13)9-14(20)23-3/h6-8H,4-5,9H2,1-3H3/b13-8-. The first-order chi connectivity index (χ1) is 12.4. The molecule has 0 spiro atoms. The maximum atomic E-state index is 12.4. The summed E-state index contributed by atoms with van der Waals surface area (Å²) < 4.78 is 15.5. The number of benzene rings is 1. The Balaban J connectivity index is 2.33. The lowest BCUT2D eigenvalue weighted by molar-refractivity contribution is -0.143. The summed E-state index contributed by atoms with van der Waals surface area (Å²) in [6.07, 6.45) is 1.52. The number of ether oxygens (including phenoxy) is 3. The number of carbonyl (C=O) groups excluding carboxylic acids is 3. The molecule has 0 aromatic heterocycles. The van der Waals surface area contributed by atoms with Crippen molar-refractivity contribution in [1.82, 2.24) is 4.90 Å². The van der Waals surface area contributed by atoms with E-state index in [4.69, 9.17) is 21.1 Å². The van der Waals surface area contributed by atoms with E-state index in [1.807, 2.05) is 13.8 Å². The van der Waals surface area contributed by atoms with Crippen molar-refractivity contribution in [3.63, 3.8) is 0 Å². The Hall–Kier alpha value is -2.19. The number of hydrogen-bond donors (Lipinski definition) is 0. The number of halogens is 1. The molecule has 0 radical (unpaired) electrons. The molecule has 1 aliphatic rings. The Morgan fingerprint density at radius 3 is 2.54 bits per heavy atom. The summed E-state index contributed by atoms with van der Waals surface area (Å²) in [6.45, 7) is 4.07. The van der Waals surface area contributed by atoms with E-state index in [1.165, 1.54) is 13.2 Å². The predicted octanol–water partition coefficient (Wildman–Crippen LogP) is 3.35. The van der Waals surface area contributed by atoms with Crippen molar-refractivity contribution < 1.29 is 28.6 Å². The Kier molecular flexibility index (Phi) is 6.93. The molecule has 0 bridgehead atoms. The van der Waals surface area contributed by atoms with Crippen LogP contribution in [0.3, 0.4) is 0 Å². The highest BCUT2D eigenvalue weighted by atomic mass is 35.5. The van der Waals surface area contributed by atoms with Crippen LogP contribution >= 0.6 is 23.4 Å². The van der Waals surface area contributed by atoms with Crippen molar-refractivity contribution in [2.24, 2.45) is 0 Å². The summed E-state index contributed by atoms with van der Waals surface area (Å²) in [7, 11) is 1.19. The highest BCUT2D eigenvalue weighted by Gasteiger charge is 2.36. The lowest BCUT2D eigenvalue weighted by atomic mass is 10.1. The fraction of sp³-hybridized carbons (Fsp3) is 0.353. The fourth-order valence-electron chi connectivity index (χ4n) is 2.20. The van der Waals surface area contributed by atoms with Gasteiger partial charge in [0.25, 0.3) is 11.1 Å². The van der Waals surface area contributed by atoms with Gasteiger partial charge in [-0.3, -0.25) is 19.3 Å². The normalized spacial score (nSPS) is 15.5. The van der Waals surface area contributed by atoms with Gasteiger partial charge in [-0.1, -0.05) is 11.6 Å². The van der Waals surface area contributed by atoms with Gasteiger partial charge in [-0.15, -0.1) is 0 Å². The van der Waals surface area contributed by atoms with E-state index < -0.39 is 23.7 Å². The molecule has 7 nitrogen and oxygen atoms in total. The number of esters is 1. The van der Waals surface area contributed by atoms with Crippen LogP contribution in [0.2, 0.25) is 5.02 Å². The molecule has 1 saturated heterocycles. The Labute approximate surface area is 160 Å². The first-order valence-corrected chi connectivity index (χ1v) is 9.02. The number of hydrogen-bond acceptors (Lipinski definition) is 7. The minimum atomic E-state index is -0.670. The van der Waals surface area contributed by atoms with Crippen molar-refractivity contribution >= 4 is 46.6 Å². The van der Waals surface area contributed by atoms with Gasteiger partial charge in [0.15, 0.2) is 11.5 Å². The van der Waals surface area contributed by atoms with E-state index in [2.05, 4.69) is 4.74 Å². The summed E-state index contributed by atoms with van der Waals surface area (Å²) in [4.78, 5) is 36.7. The Morgan fingerprint density at radius 1 is 1.23 bits per heavy atom. The van der Waals surface area contributed by atoms with Crippen molar-refractivity contribution in [1.29, 1.82) is 0 Å². The topological polar surface area (TPSA) is 82.1 Å². The summed E-state index contributed by atoms with van der Waals surface area (Å²) in [5.74, 6) is -0.362. The average Bonchev–Trinajstić information content (AvgIpc) is 2.85. The SMILES string of the molecule is CCOc1cc(/C=C2\SC(=O)N(CC(=O)OC)C2=O)cc(Cl)c1OCC. The molecule has 2 rings (SSSR count). The largest absolute Gasteiger partial charge is 0.490 e. The van der Waals surface area contributed by atoms with Crippen LogP contribution in [0.15, 0.2) is 17.0 Å². The van der Waals surface area contributed by atoms with E-state index in [1.54, 1.807) is 12.1 Å². The van der Waals surface area contributed by atoms with Gasteiger partial charge in [0.05, 0.1) is 30.3 Å². The molecular formula is C17H18ClNO6S. The molecule has 0 aliphatic carbocycles. The predicted molar refractivity (Wildman–Crippen MR) is 98.5 cm³/mol. The van der Waals surface area contributed by atoms with Crippen LogP contribution in [-0.4, -0.2) is 48.9 Å². The number of rotatable bonds is 7. The van der Waals surface area contributed by atoms with Crippen molar-refractivity contribution in [3.05, 3.63) is 27.6 Å². The third kappa shape index (κ3) is 4.50. The second-order valence-electron chi connectivity index (χ2n) is 5.04. The number of imide groups is 1. The number of carbonyl (C=O) groups is 3. The van der Waals surface area contributed by atoms with Gasteiger partial charge < -0.3 is 14.2 Å². The number of amides is 2. The summed E-state index contributed by atoms with van der Waals surface area (Å²) in [5.41, 5.74) is 0.575. The molecule has 1 fully saturated rings. The lowest BCUT2D eigenvalue weighted by Crippen LogP contribution is -2.34. The molecule has 0 unspecified atom stereocenters. The zero-order valence-corrected chi connectivity index (χ0v) is 16.1. The third-order valence-electron chi connectivity index (χ3n) is 3.31. The molecule has 1 aromatic carbocycles. The van der Waals surface area contributed by atoms with Crippen molar-refractivity contribution in [2.45, 2.75) is 13.8 Å². The van der Waals surface area contributed by atoms with E-state index in [9.17, 15) is 14.4 Å². The third-order valence-corrected chi connectivity index (χ3v) is 4.49. The fourth-order valence-corrected chi connectivity index (χ4v) is 3.31. The van der Waals surface area contributed by atoms with Crippen molar-refractivity contribution in [3.8, 4) is 11.5 Å². The van der Waals surface area contributed by atoms with Crippen molar-refractivity contribution in [2.75, 3.05) is 26.9 Å². The van der Waals surface area contributed by atoms with Crippen LogP contribution in [-0.2, 0) is 14.3 Å². The quantitative estimate of drug-likeness (QED) is 0.513. The maximum absolute atomic E-state index is 12.4. The van der Waals surface area contributed by atoms with E-state index in [-0.39, 0.29) is 4.91 Å². The first-order valence-electron chi connectivity index (χ1n) is 7.82. The van der Waals surface area contributed by atoms with Crippen LogP contribution in [0.25, 0.3) is 6.08 Å². The molecular weight excluding hydrogens is 382 g/mol. The maximum Gasteiger partial charge on any atom is 0.325 e.